The highest BCUT2D eigenvalue weighted by Crippen LogP contribution is 2.41. The first-order valence-corrected chi connectivity index (χ1v) is 28.4. The van der Waals surface area contributed by atoms with Crippen molar-refractivity contribution in [2.24, 2.45) is 0 Å². The SMILES string of the molecule is C=CC(=O)OCCNC(=O)OCCSc1c(F)c(F)c(S(=O)(=O)NS(=O)(=O)CCCCNc2ccc(C(c3ccc(N(C)c4ccccc4C)cc3)c3ccc(N(C)c4ccccc4C)cc3)c3ccccc23)c(F)c1F. The fraction of sp³-hybridized carbons (Fsp3) is 0.228. The number of benzene rings is 7. The van der Waals surface area contributed by atoms with Crippen LogP contribution in [-0.2, 0) is 34.3 Å². The van der Waals surface area contributed by atoms with E-state index in [2.05, 4.69) is 131 Å². The maximum atomic E-state index is 15.2. The second-order valence-electron chi connectivity index (χ2n) is 17.8. The number of unbranched alkanes of at least 4 members (excludes halogenated alkanes) is 1. The Labute approximate surface area is 450 Å². The predicted molar refractivity (Wildman–Crippen MR) is 296 cm³/mol. The number of sulfonamides is 2. The molecule has 0 unspecified atom stereocenters. The van der Waals surface area contributed by atoms with Gasteiger partial charge < -0.3 is 29.9 Å². The Morgan fingerprint density at radius 1 is 0.649 bits per heavy atom. The summed E-state index contributed by atoms with van der Waals surface area (Å²) in [7, 11) is -6.45. The fourth-order valence-corrected chi connectivity index (χ4v) is 12.8. The molecular weight excluding hydrogens is 1050 g/mol. The predicted octanol–water partition coefficient (Wildman–Crippen LogP) is 11.8. The Balaban J connectivity index is 1.02. The summed E-state index contributed by atoms with van der Waals surface area (Å²) in [5.41, 5.74) is 10.5. The van der Waals surface area contributed by atoms with Crippen LogP contribution < -0.4 is 24.6 Å². The third-order valence-corrected chi connectivity index (χ3v) is 17.3. The van der Waals surface area contributed by atoms with Crippen molar-refractivity contribution >= 4 is 83.1 Å². The van der Waals surface area contributed by atoms with Crippen LogP contribution >= 0.6 is 11.8 Å². The van der Waals surface area contributed by atoms with Gasteiger partial charge in [-0.05, 0) is 102 Å². The van der Waals surface area contributed by atoms with E-state index in [1.807, 2.05) is 62.6 Å². The quantitative estimate of drug-likeness (QED) is 0.01000. The molecule has 0 fully saturated rings. The minimum atomic E-state index is -5.71. The van der Waals surface area contributed by atoms with Gasteiger partial charge in [-0.15, -0.1) is 15.9 Å². The Bertz CT molecular complexity index is 3370. The van der Waals surface area contributed by atoms with Gasteiger partial charge in [0, 0.05) is 72.2 Å². The van der Waals surface area contributed by atoms with Crippen LogP contribution in [0.2, 0.25) is 0 Å². The van der Waals surface area contributed by atoms with E-state index in [9.17, 15) is 26.4 Å². The maximum Gasteiger partial charge on any atom is 0.407 e. The molecule has 7 aromatic carbocycles. The molecule has 20 heteroatoms. The Kier molecular flexibility index (Phi) is 19.1. The number of carbonyl (C=O) groups excluding carboxylic acids is 2. The molecule has 0 aromatic heterocycles. The van der Waals surface area contributed by atoms with E-state index < -0.39 is 83.3 Å². The lowest BCUT2D eigenvalue weighted by Crippen LogP contribution is -2.34. The van der Waals surface area contributed by atoms with Gasteiger partial charge in [0.25, 0.3) is 10.0 Å². The number of esters is 1. The third-order valence-electron chi connectivity index (χ3n) is 12.6. The van der Waals surface area contributed by atoms with Gasteiger partial charge in [-0.2, -0.15) is 0 Å². The number of para-hydroxylation sites is 2. The number of halogens is 4. The summed E-state index contributed by atoms with van der Waals surface area (Å²) in [6.45, 7) is 6.75. The molecule has 13 nitrogen and oxygen atoms in total. The minimum Gasteiger partial charge on any atom is -0.461 e. The highest BCUT2D eigenvalue weighted by atomic mass is 32.3. The first-order valence-electron chi connectivity index (χ1n) is 24.3. The Hall–Kier alpha value is -7.39. The lowest BCUT2D eigenvalue weighted by Gasteiger charge is -2.26. The number of anilines is 5. The number of alkyl carbamates (subject to hydrolysis) is 1. The summed E-state index contributed by atoms with van der Waals surface area (Å²) in [5, 5.41) is 7.46. The fourth-order valence-electron chi connectivity index (χ4n) is 8.76. The first kappa shape index (κ1) is 57.3. The van der Waals surface area contributed by atoms with Crippen LogP contribution in [0.3, 0.4) is 0 Å². The molecule has 0 saturated heterocycles. The topological polar surface area (TPSA) is 163 Å². The second-order valence-corrected chi connectivity index (χ2v) is 22.6. The Morgan fingerprint density at radius 2 is 1.18 bits per heavy atom. The second kappa shape index (κ2) is 25.6. The van der Waals surface area contributed by atoms with Gasteiger partial charge in [0.05, 0.1) is 17.2 Å². The molecule has 0 atom stereocenters. The van der Waals surface area contributed by atoms with Crippen molar-refractivity contribution in [2.45, 2.75) is 42.4 Å². The van der Waals surface area contributed by atoms with Crippen molar-refractivity contribution in [2.75, 3.05) is 67.0 Å². The highest BCUT2D eigenvalue weighted by molar-refractivity contribution is 8.04. The van der Waals surface area contributed by atoms with E-state index in [1.165, 1.54) is 4.13 Å². The number of ether oxygens (including phenoxy) is 2. The standard InChI is InChI=1S/C57H57F4N5O8S3/c1-6-49(67)73-33-32-63-57(68)74-34-35-75-55-51(58)53(60)56(54(61)52(55)59)77(71,72)64-76(69,70)36-14-13-31-62-46-30-29-45(43-17-9-10-18-44(43)46)50(39-21-25-41(26-22-39)65(4)47-19-11-7-15-37(47)2)40-23-27-42(28-24-40)66(5)48-20-12-8-16-38(48)3/h6-12,15-30,50,62,64H,1,13-14,31-36H2,2-5H3,(H,63,68). The molecule has 1 amide bonds. The number of carbonyl (C=O) groups is 2. The number of rotatable bonds is 24. The Morgan fingerprint density at radius 3 is 1.73 bits per heavy atom. The number of fused-ring (bicyclic) bond motifs is 1. The van der Waals surface area contributed by atoms with Gasteiger partial charge in [-0.1, -0.05) is 97.6 Å². The summed E-state index contributed by atoms with van der Waals surface area (Å²) in [5.74, 6) is -11.1. The molecule has 0 bridgehead atoms. The van der Waals surface area contributed by atoms with Crippen molar-refractivity contribution in [3.05, 3.63) is 197 Å². The first-order chi connectivity index (χ1) is 36.8. The molecule has 0 saturated carbocycles. The lowest BCUT2D eigenvalue weighted by molar-refractivity contribution is -0.137. The molecule has 0 aliphatic heterocycles. The van der Waals surface area contributed by atoms with Crippen LogP contribution in [0, 0.1) is 37.1 Å². The van der Waals surface area contributed by atoms with E-state index in [0.29, 0.717) is 0 Å². The van der Waals surface area contributed by atoms with Crippen molar-refractivity contribution in [3.63, 3.8) is 0 Å². The normalized spacial score (nSPS) is 11.6. The van der Waals surface area contributed by atoms with Crippen molar-refractivity contribution < 1.29 is 53.5 Å². The average molecular weight is 1110 g/mol. The smallest absolute Gasteiger partial charge is 0.407 e. The van der Waals surface area contributed by atoms with Gasteiger partial charge in [-0.25, -0.2) is 44.0 Å². The largest absolute Gasteiger partial charge is 0.461 e. The molecule has 7 rings (SSSR count). The number of hydrogen-bond acceptors (Lipinski definition) is 12. The lowest BCUT2D eigenvalue weighted by atomic mass is 9.82. The van der Waals surface area contributed by atoms with Crippen molar-refractivity contribution in [1.29, 1.82) is 0 Å². The zero-order valence-corrected chi connectivity index (χ0v) is 45.1. The molecule has 0 aliphatic carbocycles. The third kappa shape index (κ3) is 14.0. The summed E-state index contributed by atoms with van der Waals surface area (Å²) in [4.78, 5) is 23.7. The summed E-state index contributed by atoms with van der Waals surface area (Å²) < 4.78 is 123. The van der Waals surface area contributed by atoms with Gasteiger partial charge >= 0.3 is 12.1 Å². The van der Waals surface area contributed by atoms with E-state index in [1.54, 1.807) is 0 Å². The van der Waals surface area contributed by atoms with Crippen LogP contribution in [-0.4, -0.2) is 80.8 Å². The monoisotopic (exact) mass is 1110 g/mol. The van der Waals surface area contributed by atoms with Gasteiger partial charge in [-0.3, -0.25) is 0 Å². The van der Waals surface area contributed by atoms with Gasteiger partial charge in [0.15, 0.2) is 28.2 Å². The summed E-state index contributed by atoms with van der Waals surface area (Å²) in [6, 6.07) is 45.5. The molecule has 7 aromatic rings. The minimum absolute atomic E-state index is 0.119. The van der Waals surface area contributed by atoms with Crippen LogP contribution in [0.15, 0.2) is 156 Å². The van der Waals surface area contributed by atoms with Gasteiger partial charge in [0.2, 0.25) is 10.0 Å². The molecule has 404 valence electrons. The number of nitrogens with zero attached hydrogens (tertiary/aromatic N) is 2. The molecule has 0 aliphatic rings. The molecular formula is C57H57F4N5O8S3. The number of thioether (sulfide) groups is 1. The molecule has 0 heterocycles. The van der Waals surface area contributed by atoms with Crippen molar-refractivity contribution in [3.8, 4) is 0 Å². The van der Waals surface area contributed by atoms with E-state index in [-0.39, 0.29) is 50.2 Å². The number of amides is 1. The number of nitrogens with one attached hydrogen (secondary N) is 3. The van der Waals surface area contributed by atoms with Crippen LogP contribution in [0.25, 0.3) is 10.8 Å². The average Bonchev–Trinajstić information content (AvgIpc) is 3.43. The molecule has 0 radical (unpaired) electrons. The molecule has 0 spiro atoms. The van der Waals surface area contributed by atoms with Crippen molar-refractivity contribution in [1.82, 2.24) is 9.44 Å². The summed E-state index contributed by atoms with van der Waals surface area (Å²) in [6.07, 6.45) is -0.0134. The van der Waals surface area contributed by atoms with Gasteiger partial charge in [0.1, 0.15) is 13.2 Å². The zero-order chi connectivity index (χ0) is 55.4. The number of aryl methyl sites for hydroxylation is 2. The van der Waals surface area contributed by atoms with E-state index in [0.717, 1.165) is 73.1 Å². The van der Waals surface area contributed by atoms with Crippen LogP contribution in [0.5, 0.6) is 0 Å². The maximum absolute atomic E-state index is 15.2. The van der Waals surface area contributed by atoms with Crippen LogP contribution in [0.1, 0.15) is 46.6 Å². The molecule has 3 N–H and O–H groups in total. The van der Waals surface area contributed by atoms with Crippen LogP contribution in [0.4, 0.5) is 50.8 Å². The summed E-state index contributed by atoms with van der Waals surface area (Å²) >= 11 is 0.170. The number of hydrogen-bond donors (Lipinski definition) is 3. The van der Waals surface area contributed by atoms with E-state index >= 15 is 17.6 Å². The molecule has 77 heavy (non-hydrogen) atoms. The zero-order valence-electron chi connectivity index (χ0n) is 42.6. The van der Waals surface area contributed by atoms with E-state index in [4.69, 9.17) is 4.74 Å². The highest BCUT2D eigenvalue weighted by Gasteiger charge is 2.36.